The Morgan fingerprint density at radius 1 is 0.418 bits per heavy atom. The first kappa shape index (κ1) is 65.1. The van der Waals surface area contributed by atoms with Crippen molar-refractivity contribution in [1.29, 1.82) is 0 Å². The fourth-order valence-corrected chi connectivity index (χ4v) is 9.10. The van der Waals surface area contributed by atoms with E-state index in [2.05, 4.69) is 43.5 Å². The number of rotatable bonds is 55. The summed E-state index contributed by atoms with van der Waals surface area (Å²) in [7, 11) is 0. The van der Waals surface area contributed by atoms with Gasteiger partial charge in [-0.15, -0.1) is 0 Å². The highest BCUT2D eigenvalue weighted by molar-refractivity contribution is 5.76. The largest absolute Gasteiger partial charge is 0.466 e. The zero-order valence-corrected chi connectivity index (χ0v) is 44.9. The van der Waals surface area contributed by atoms with Gasteiger partial charge < -0.3 is 20.3 Å². The fraction of sp³-hybridized carbons (Fsp3) is 0.869. The van der Waals surface area contributed by atoms with Crippen molar-refractivity contribution < 1.29 is 24.5 Å². The molecule has 394 valence electrons. The molecule has 2 unspecified atom stereocenters. The van der Waals surface area contributed by atoms with Gasteiger partial charge in [0.2, 0.25) is 5.91 Å². The fourth-order valence-electron chi connectivity index (χ4n) is 9.10. The number of carbonyl (C=O) groups is 2. The number of carbonyl (C=O) groups excluding carboxylic acids is 2. The number of hydrogen-bond donors (Lipinski definition) is 3. The summed E-state index contributed by atoms with van der Waals surface area (Å²) in [6.45, 7) is 4.86. The number of aliphatic hydroxyl groups excluding tert-OH is 2. The van der Waals surface area contributed by atoms with Crippen molar-refractivity contribution in [3.63, 3.8) is 0 Å². The Kier molecular flexibility index (Phi) is 55.0. The smallest absolute Gasteiger partial charge is 0.305 e. The molecule has 3 N–H and O–H groups in total. The minimum Gasteiger partial charge on any atom is -0.466 e. The molecule has 0 spiro atoms. The maximum absolute atomic E-state index is 12.5. The molecule has 0 heterocycles. The van der Waals surface area contributed by atoms with Gasteiger partial charge in [-0.1, -0.05) is 275 Å². The molecule has 0 saturated carbocycles. The van der Waals surface area contributed by atoms with Crippen molar-refractivity contribution in [2.75, 3.05) is 13.2 Å². The molecule has 67 heavy (non-hydrogen) atoms. The second kappa shape index (κ2) is 56.7. The predicted octanol–water partition coefficient (Wildman–Crippen LogP) is 18.4. The van der Waals surface area contributed by atoms with E-state index < -0.39 is 12.1 Å². The molecule has 0 rings (SSSR count). The predicted molar refractivity (Wildman–Crippen MR) is 292 cm³/mol. The van der Waals surface area contributed by atoms with Gasteiger partial charge in [0.25, 0.3) is 0 Å². The van der Waals surface area contributed by atoms with E-state index in [1.54, 1.807) is 6.08 Å². The number of ether oxygens (including phenoxy) is 1. The lowest BCUT2D eigenvalue weighted by molar-refractivity contribution is -0.143. The SMILES string of the molecule is CCCCCCCCCCCCCCCC/C=C/C(O)C(CO)NC(=O)CCCCCCCC/C=C\C=C/CCCCCOC(=O)CCCCCCCCCCCCCCCCCCCCC. The molecule has 0 radical (unpaired) electrons. The third-order valence-corrected chi connectivity index (χ3v) is 13.7. The maximum atomic E-state index is 12.5. The molecular weight excluding hydrogens is 827 g/mol. The van der Waals surface area contributed by atoms with E-state index in [9.17, 15) is 19.8 Å². The molecule has 0 aliphatic carbocycles. The van der Waals surface area contributed by atoms with Gasteiger partial charge in [-0.05, 0) is 64.2 Å². The first-order chi connectivity index (χ1) is 33.0. The molecule has 2 atom stereocenters. The van der Waals surface area contributed by atoms with E-state index in [-0.39, 0.29) is 18.5 Å². The summed E-state index contributed by atoms with van der Waals surface area (Å²) in [5.41, 5.74) is 0. The monoisotopic (exact) mass is 942 g/mol. The van der Waals surface area contributed by atoms with Crippen molar-refractivity contribution in [2.24, 2.45) is 0 Å². The highest BCUT2D eigenvalue weighted by atomic mass is 16.5. The van der Waals surface area contributed by atoms with Crippen LogP contribution in [0.4, 0.5) is 0 Å². The minimum atomic E-state index is -0.859. The number of nitrogens with one attached hydrogen (secondary N) is 1. The topological polar surface area (TPSA) is 95.9 Å². The number of unbranched alkanes of at least 4 members (excludes halogenated alkanes) is 41. The van der Waals surface area contributed by atoms with Crippen LogP contribution in [-0.4, -0.2) is 47.4 Å². The normalized spacial score (nSPS) is 12.8. The van der Waals surface area contributed by atoms with Crippen molar-refractivity contribution in [2.45, 2.75) is 328 Å². The Bertz CT molecular complexity index is 1090. The van der Waals surface area contributed by atoms with E-state index in [4.69, 9.17) is 4.74 Å². The number of aliphatic hydroxyl groups is 2. The minimum absolute atomic E-state index is 0.0181. The molecular formula is C61H115NO5. The zero-order chi connectivity index (χ0) is 48.6. The van der Waals surface area contributed by atoms with Crippen LogP contribution in [-0.2, 0) is 14.3 Å². The molecule has 0 bridgehead atoms. The van der Waals surface area contributed by atoms with Crippen molar-refractivity contribution >= 4 is 11.9 Å². The summed E-state index contributed by atoms with van der Waals surface area (Å²) < 4.78 is 5.47. The standard InChI is InChI=1S/C61H115NO5/c1-3-5-7-9-11-13-15-17-19-21-22-23-27-31-35-39-43-47-51-55-61(66)67-56-52-48-44-40-36-32-28-24-26-30-34-38-42-46-50-54-60(65)62-58(57-63)59(64)53-49-45-41-37-33-29-25-20-18-16-14-12-10-8-6-4-2/h24,28,32,36,49,53,58-59,63-64H,3-23,25-27,29-31,33-35,37-48,50-52,54-57H2,1-2H3,(H,62,65)/b28-24-,36-32-,53-49+. The first-order valence-electron chi connectivity index (χ1n) is 29.8. The first-order valence-corrected chi connectivity index (χ1v) is 29.8. The Labute approximate surface area is 417 Å². The lowest BCUT2D eigenvalue weighted by Crippen LogP contribution is -2.45. The van der Waals surface area contributed by atoms with Crippen LogP contribution in [0.2, 0.25) is 0 Å². The van der Waals surface area contributed by atoms with Crippen molar-refractivity contribution in [1.82, 2.24) is 5.32 Å². The summed E-state index contributed by atoms with van der Waals surface area (Å²) in [5, 5.41) is 23.1. The summed E-state index contributed by atoms with van der Waals surface area (Å²) >= 11 is 0. The van der Waals surface area contributed by atoms with Crippen LogP contribution in [0.15, 0.2) is 36.5 Å². The van der Waals surface area contributed by atoms with Crippen LogP contribution >= 0.6 is 0 Å². The van der Waals surface area contributed by atoms with Crippen LogP contribution < -0.4 is 5.32 Å². The Balaban J connectivity index is 3.51. The van der Waals surface area contributed by atoms with Gasteiger partial charge in [-0.25, -0.2) is 0 Å². The summed E-state index contributed by atoms with van der Waals surface area (Å²) in [5.74, 6) is -0.107. The zero-order valence-electron chi connectivity index (χ0n) is 44.9. The van der Waals surface area contributed by atoms with Gasteiger partial charge in [0.05, 0.1) is 25.4 Å². The summed E-state index contributed by atoms with van der Waals surface area (Å²) in [6.07, 6.45) is 70.3. The number of esters is 1. The summed E-state index contributed by atoms with van der Waals surface area (Å²) in [4.78, 5) is 24.5. The lowest BCUT2D eigenvalue weighted by atomic mass is 10.0. The highest BCUT2D eigenvalue weighted by Gasteiger charge is 2.18. The van der Waals surface area contributed by atoms with E-state index in [0.29, 0.717) is 19.4 Å². The van der Waals surface area contributed by atoms with Crippen LogP contribution in [0.5, 0.6) is 0 Å². The second-order valence-electron chi connectivity index (χ2n) is 20.4. The van der Waals surface area contributed by atoms with Gasteiger partial charge >= 0.3 is 5.97 Å². The van der Waals surface area contributed by atoms with Gasteiger partial charge in [0.15, 0.2) is 0 Å². The molecule has 0 aliphatic rings. The van der Waals surface area contributed by atoms with Crippen LogP contribution in [0.3, 0.4) is 0 Å². The van der Waals surface area contributed by atoms with E-state index >= 15 is 0 Å². The summed E-state index contributed by atoms with van der Waals surface area (Å²) in [6, 6.07) is -0.645. The average Bonchev–Trinajstić information content (AvgIpc) is 3.33. The molecule has 6 nitrogen and oxygen atoms in total. The van der Waals surface area contributed by atoms with Crippen molar-refractivity contribution in [3.8, 4) is 0 Å². The molecule has 0 saturated heterocycles. The van der Waals surface area contributed by atoms with E-state index in [0.717, 1.165) is 77.0 Å². The third kappa shape index (κ3) is 53.3. The molecule has 0 aromatic heterocycles. The Morgan fingerprint density at radius 2 is 0.731 bits per heavy atom. The van der Waals surface area contributed by atoms with Gasteiger partial charge in [-0.2, -0.15) is 0 Å². The number of allylic oxidation sites excluding steroid dienone is 5. The molecule has 6 heteroatoms. The van der Waals surface area contributed by atoms with Gasteiger partial charge in [-0.3, -0.25) is 9.59 Å². The van der Waals surface area contributed by atoms with Crippen LogP contribution in [0, 0.1) is 0 Å². The van der Waals surface area contributed by atoms with Gasteiger partial charge in [0.1, 0.15) is 0 Å². The number of hydrogen-bond acceptors (Lipinski definition) is 5. The molecule has 0 aromatic carbocycles. The molecule has 0 aliphatic heterocycles. The van der Waals surface area contributed by atoms with E-state index in [1.165, 1.54) is 212 Å². The third-order valence-electron chi connectivity index (χ3n) is 13.7. The Hall–Kier alpha value is -1.92. The Morgan fingerprint density at radius 3 is 1.10 bits per heavy atom. The number of amides is 1. The van der Waals surface area contributed by atoms with Crippen molar-refractivity contribution in [3.05, 3.63) is 36.5 Å². The lowest BCUT2D eigenvalue weighted by Gasteiger charge is -2.20. The average molecular weight is 943 g/mol. The molecule has 0 aromatic rings. The van der Waals surface area contributed by atoms with E-state index in [1.807, 2.05) is 6.08 Å². The maximum Gasteiger partial charge on any atom is 0.305 e. The van der Waals surface area contributed by atoms with Crippen LogP contribution in [0.1, 0.15) is 316 Å². The second-order valence-corrected chi connectivity index (χ2v) is 20.4. The van der Waals surface area contributed by atoms with Gasteiger partial charge in [0, 0.05) is 12.8 Å². The highest BCUT2D eigenvalue weighted by Crippen LogP contribution is 2.17. The van der Waals surface area contributed by atoms with Crippen LogP contribution in [0.25, 0.3) is 0 Å². The quantitative estimate of drug-likeness (QED) is 0.0244. The molecule has 0 fully saturated rings. The molecule has 1 amide bonds.